The maximum Gasteiger partial charge on any atom is 0.135 e. The van der Waals surface area contributed by atoms with Gasteiger partial charge in [-0.3, -0.25) is 5.10 Å². The summed E-state index contributed by atoms with van der Waals surface area (Å²) in [5.74, 6) is 2.41. The number of aromatic amines is 1. The molecular weight excluding hydrogens is 100 g/mol. The molecule has 1 rings (SSSR count). The Hall–Kier alpha value is -1.23. The van der Waals surface area contributed by atoms with E-state index < -0.39 is 0 Å². The smallest absolute Gasteiger partial charge is 0.135 e. The van der Waals surface area contributed by atoms with Crippen LogP contribution in [0.2, 0.25) is 0 Å². The van der Waals surface area contributed by atoms with Gasteiger partial charge in [0.25, 0.3) is 0 Å². The summed E-state index contributed by atoms with van der Waals surface area (Å²) in [6.45, 7) is 1.91. The fraction of sp³-hybridized carbons (Fsp3) is 0.167. The molecule has 2 nitrogen and oxygen atoms in total. The molecule has 0 aliphatic rings. The van der Waals surface area contributed by atoms with Gasteiger partial charge in [0.2, 0.25) is 0 Å². The molecule has 0 saturated carbocycles. The molecule has 1 aromatic heterocycles. The number of terminal acetylenes is 1. The van der Waals surface area contributed by atoms with Crippen molar-refractivity contribution in [3.05, 3.63) is 17.5 Å². The number of aryl methyl sites for hydroxylation is 1. The van der Waals surface area contributed by atoms with E-state index in [0.29, 0.717) is 5.69 Å². The minimum Gasteiger partial charge on any atom is -0.282 e. The fourth-order valence-electron chi connectivity index (χ4n) is 0.492. The van der Waals surface area contributed by atoms with E-state index in [2.05, 4.69) is 16.1 Å². The first-order valence-corrected chi connectivity index (χ1v) is 2.31. The van der Waals surface area contributed by atoms with E-state index in [1.807, 2.05) is 13.0 Å². The predicted octanol–water partition coefficient (Wildman–Crippen LogP) is 0.699. The van der Waals surface area contributed by atoms with Gasteiger partial charge in [0.1, 0.15) is 5.69 Å². The van der Waals surface area contributed by atoms with Crippen LogP contribution in [0.5, 0.6) is 0 Å². The molecule has 0 amide bonds. The van der Waals surface area contributed by atoms with Crippen molar-refractivity contribution in [2.45, 2.75) is 6.92 Å². The Labute approximate surface area is 47.9 Å². The van der Waals surface area contributed by atoms with Crippen LogP contribution in [-0.2, 0) is 0 Å². The van der Waals surface area contributed by atoms with Crippen LogP contribution in [0.3, 0.4) is 0 Å². The third-order valence-corrected chi connectivity index (χ3v) is 0.854. The molecule has 8 heavy (non-hydrogen) atoms. The van der Waals surface area contributed by atoms with Crippen LogP contribution >= 0.6 is 0 Å². The molecule has 0 unspecified atom stereocenters. The van der Waals surface area contributed by atoms with Crippen LogP contribution in [-0.4, -0.2) is 10.2 Å². The quantitative estimate of drug-likeness (QED) is 0.484. The summed E-state index contributed by atoms with van der Waals surface area (Å²) >= 11 is 0. The molecule has 1 aromatic rings. The van der Waals surface area contributed by atoms with E-state index in [1.165, 1.54) is 0 Å². The first kappa shape index (κ1) is 4.92. The molecule has 2 heteroatoms. The first-order valence-electron chi connectivity index (χ1n) is 2.31. The van der Waals surface area contributed by atoms with Crippen LogP contribution in [0.4, 0.5) is 0 Å². The molecule has 0 radical (unpaired) electrons. The lowest BCUT2D eigenvalue weighted by Crippen LogP contribution is -1.69. The number of hydrogen-bond donors (Lipinski definition) is 1. The third kappa shape index (κ3) is 0.710. The molecule has 0 atom stereocenters. The lowest BCUT2D eigenvalue weighted by atomic mass is 10.4. The van der Waals surface area contributed by atoms with Crippen molar-refractivity contribution in [1.82, 2.24) is 10.2 Å². The van der Waals surface area contributed by atoms with E-state index in [0.717, 1.165) is 5.69 Å². The maximum atomic E-state index is 5.03. The van der Waals surface area contributed by atoms with Crippen molar-refractivity contribution in [1.29, 1.82) is 0 Å². The van der Waals surface area contributed by atoms with E-state index in [-0.39, 0.29) is 0 Å². The Bertz CT molecular complexity index is 217. The number of nitrogens with one attached hydrogen (secondary N) is 1. The van der Waals surface area contributed by atoms with E-state index >= 15 is 0 Å². The van der Waals surface area contributed by atoms with Crippen LogP contribution in [0.15, 0.2) is 6.07 Å². The first-order chi connectivity index (χ1) is 3.83. The van der Waals surface area contributed by atoms with Crippen LogP contribution < -0.4 is 0 Å². The van der Waals surface area contributed by atoms with Gasteiger partial charge in [-0.25, -0.2) is 0 Å². The Kier molecular flexibility index (Phi) is 1.05. The zero-order chi connectivity index (χ0) is 5.98. The monoisotopic (exact) mass is 106 g/mol. The summed E-state index contributed by atoms with van der Waals surface area (Å²) in [6.07, 6.45) is 5.03. The van der Waals surface area contributed by atoms with Crippen molar-refractivity contribution in [3.63, 3.8) is 0 Å². The highest BCUT2D eigenvalue weighted by Crippen LogP contribution is 1.92. The second-order valence-electron chi connectivity index (χ2n) is 1.58. The molecule has 0 fully saturated rings. The number of hydrogen-bond acceptors (Lipinski definition) is 1. The topological polar surface area (TPSA) is 28.7 Å². The Morgan fingerprint density at radius 3 is 2.88 bits per heavy atom. The van der Waals surface area contributed by atoms with Gasteiger partial charge >= 0.3 is 0 Å². The third-order valence-electron chi connectivity index (χ3n) is 0.854. The molecule has 0 saturated heterocycles. The van der Waals surface area contributed by atoms with E-state index in [1.54, 1.807) is 0 Å². The molecule has 0 aliphatic carbocycles. The molecule has 40 valence electrons. The van der Waals surface area contributed by atoms with E-state index in [4.69, 9.17) is 6.42 Å². The summed E-state index contributed by atoms with van der Waals surface area (Å²) in [6, 6.07) is 1.82. The van der Waals surface area contributed by atoms with Crippen molar-refractivity contribution in [2.24, 2.45) is 0 Å². The summed E-state index contributed by atoms with van der Waals surface area (Å²) in [7, 11) is 0. The van der Waals surface area contributed by atoms with Crippen LogP contribution in [0.1, 0.15) is 11.4 Å². The predicted molar refractivity (Wildman–Crippen MR) is 31.3 cm³/mol. The van der Waals surface area contributed by atoms with Gasteiger partial charge in [0, 0.05) is 5.69 Å². The molecular formula is C6H6N2. The number of aromatic nitrogens is 2. The van der Waals surface area contributed by atoms with Gasteiger partial charge in [-0.1, -0.05) is 0 Å². The summed E-state index contributed by atoms with van der Waals surface area (Å²) in [4.78, 5) is 0. The summed E-state index contributed by atoms with van der Waals surface area (Å²) in [5, 5.41) is 6.50. The van der Waals surface area contributed by atoms with Crippen molar-refractivity contribution >= 4 is 0 Å². The second-order valence-corrected chi connectivity index (χ2v) is 1.58. The molecule has 0 bridgehead atoms. The minimum absolute atomic E-state index is 0.669. The highest BCUT2D eigenvalue weighted by Gasteiger charge is 1.88. The van der Waals surface area contributed by atoms with Crippen molar-refractivity contribution in [3.8, 4) is 12.3 Å². The lowest BCUT2D eigenvalue weighted by Gasteiger charge is -1.68. The van der Waals surface area contributed by atoms with Crippen molar-refractivity contribution in [2.75, 3.05) is 0 Å². The Balaban J connectivity index is 3.05. The summed E-state index contributed by atoms with van der Waals surface area (Å²) < 4.78 is 0. The zero-order valence-corrected chi connectivity index (χ0v) is 4.60. The average molecular weight is 106 g/mol. The maximum absolute atomic E-state index is 5.03. The zero-order valence-electron chi connectivity index (χ0n) is 4.60. The molecule has 0 aromatic carbocycles. The fourth-order valence-corrected chi connectivity index (χ4v) is 0.492. The second kappa shape index (κ2) is 1.71. The normalized spacial score (nSPS) is 8.50. The van der Waals surface area contributed by atoms with Gasteiger partial charge in [0.15, 0.2) is 0 Å². The largest absolute Gasteiger partial charge is 0.282 e. The van der Waals surface area contributed by atoms with Gasteiger partial charge < -0.3 is 0 Å². The minimum atomic E-state index is 0.669. The van der Waals surface area contributed by atoms with Gasteiger partial charge in [0.05, 0.1) is 0 Å². The number of H-pyrrole nitrogens is 1. The van der Waals surface area contributed by atoms with Crippen LogP contribution in [0.25, 0.3) is 0 Å². The van der Waals surface area contributed by atoms with Crippen LogP contribution in [0, 0.1) is 19.3 Å². The van der Waals surface area contributed by atoms with Crippen molar-refractivity contribution < 1.29 is 0 Å². The average Bonchev–Trinajstić information content (AvgIpc) is 2.14. The van der Waals surface area contributed by atoms with Gasteiger partial charge in [-0.2, -0.15) is 5.10 Å². The lowest BCUT2D eigenvalue weighted by molar-refractivity contribution is 1.04. The Morgan fingerprint density at radius 1 is 1.88 bits per heavy atom. The number of rotatable bonds is 0. The highest BCUT2D eigenvalue weighted by atomic mass is 15.1. The highest BCUT2D eigenvalue weighted by molar-refractivity contribution is 5.24. The molecule has 1 heterocycles. The van der Waals surface area contributed by atoms with Gasteiger partial charge in [-0.15, -0.1) is 6.42 Å². The SMILES string of the molecule is C#Cc1cc(C)[nH]n1. The molecule has 0 aliphatic heterocycles. The number of nitrogens with zero attached hydrogens (tertiary/aromatic N) is 1. The van der Waals surface area contributed by atoms with E-state index in [9.17, 15) is 0 Å². The molecule has 0 spiro atoms. The standard InChI is InChI=1S/C6H6N2/c1-3-6-4-5(2)7-8-6/h1,4H,2H3,(H,7,8). The van der Waals surface area contributed by atoms with Gasteiger partial charge in [-0.05, 0) is 18.9 Å². The Morgan fingerprint density at radius 2 is 2.62 bits per heavy atom. The summed E-state index contributed by atoms with van der Waals surface area (Å²) in [5.41, 5.74) is 1.67. The molecule has 1 N–H and O–H groups in total.